The van der Waals surface area contributed by atoms with Gasteiger partial charge in [-0.3, -0.25) is 10.1 Å². The van der Waals surface area contributed by atoms with E-state index in [2.05, 4.69) is 0 Å². The van der Waals surface area contributed by atoms with Gasteiger partial charge in [-0.2, -0.15) is 0 Å². The first kappa shape index (κ1) is 14.5. The van der Waals surface area contributed by atoms with Crippen LogP contribution in [0.1, 0.15) is 11.1 Å². The SMILES string of the molecule is Cc1cccc(OC(=O)/C=C/c2ccccc2[N+](=O)[O-])c1. The van der Waals surface area contributed by atoms with Crippen LogP contribution in [-0.4, -0.2) is 10.9 Å². The molecule has 0 radical (unpaired) electrons. The Hall–Kier alpha value is -2.95. The number of esters is 1. The summed E-state index contributed by atoms with van der Waals surface area (Å²) in [6.45, 7) is 1.89. The monoisotopic (exact) mass is 283 g/mol. The summed E-state index contributed by atoms with van der Waals surface area (Å²) < 4.78 is 5.12. The van der Waals surface area contributed by atoms with E-state index in [1.807, 2.05) is 13.0 Å². The molecule has 0 atom stereocenters. The zero-order valence-corrected chi connectivity index (χ0v) is 11.4. The van der Waals surface area contributed by atoms with E-state index >= 15 is 0 Å². The van der Waals surface area contributed by atoms with Gasteiger partial charge in [0.25, 0.3) is 5.69 Å². The second-order valence-electron chi connectivity index (χ2n) is 4.39. The molecule has 0 N–H and O–H groups in total. The molecule has 2 aromatic rings. The molecule has 0 saturated heterocycles. The Kier molecular flexibility index (Phi) is 4.46. The van der Waals surface area contributed by atoms with Gasteiger partial charge in [-0.1, -0.05) is 24.3 Å². The molecule has 0 aromatic heterocycles. The number of carbonyl (C=O) groups excluding carboxylic acids is 1. The van der Waals surface area contributed by atoms with E-state index in [0.29, 0.717) is 11.3 Å². The summed E-state index contributed by atoms with van der Waals surface area (Å²) >= 11 is 0. The van der Waals surface area contributed by atoms with Gasteiger partial charge in [0.05, 0.1) is 10.5 Å². The van der Waals surface area contributed by atoms with Gasteiger partial charge in [0.15, 0.2) is 0 Å². The lowest BCUT2D eigenvalue weighted by Gasteiger charge is -2.02. The number of aryl methyl sites for hydroxylation is 1. The van der Waals surface area contributed by atoms with Crippen LogP contribution in [0.4, 0.5) is 5.69 Å². The van der Waals surface area contributed by atoms with E-state index < -0.39 is 10.9 Å². The molecule has 0 unspecified atom stereocenters. The van der Waals surface area contributed by atoms with E-state index in [0.717, 1.165) is 5.56 Å². The lowest BCUT2D eigenvalue weighted by Crippen LogP contribution is -2.03. The Morgan fingerprint density at radius 2 is 1.95 bits per heavy atom. The van der Waals surface area contributed by atoms with Crippen LogP contribution in [0.15, 0.2) is 54.6 Å². The Bertz CT molecular complexity index is 707. The third kappa shape index (κ3) is 4.01. The fourth-order valence-electron chi connectivity index (χ4n) is 1.78. The number of nitro benzene ring substituents is 1. The normalized spacial score (nSPS) is 10.5. The zero-order valence-electron chi connectivity index (χ0n) is 11.4. The highest BCUT2D eigenvalue weighted by atomic mass is 16.6. The maximum atomic E-state index is 11.7. The van der Waals surface area contributed by atoms with Crippen molar-refractivity contribution in [3.05, 3.63) is 75.8 Å². The fourth-order valence-corrected chi connectivity index (χ4v) is 1.78. The Labute approximate surface area is 121 Å². The van der Waals surface area contributed by atoms with Crippen molar-refractivity contribution in [2.45, 2.75) is 6.92 Å². The van der Waals surface area contributed by atoms with Crippen LogP contribution in [-0.2, 0) is 4.79 Å². The lowest BCUT2D eigenvalue weighted by atomic mass is 10.1. The van der Waals surface area contributed by atoms with Crippen LogP contribution in [0, 0.1) is 17.0 Å². The number of para-hydroxylation sites is 1. The summed E-state index contributed by atoms with van der Waals surface area (Å²) in [4.78, 5) is 22.1. The van der Waals surface area contributed by atoms with Crippen LogP contribution in [0.5, 0.6) is 5.75 Å². The molecule has 0 fully saturated rings. The second kappa shape index (κ2) is 6.47. The number of nitro groups is 1. The largest absolute Gasteiger partial charge is 0.423 e. The van der Waals surface area contributed by atoms with Crippen molar-refractivity contribution < 1.29 is 14.5 Å². The van der Waals surface area contributed by atoms with Crippen molar-refractivity contribution in [3.8, 4) is 5.75 Å². The molecule has 0 heterocycles. The van der Waals surface area contributed by atoms with E-state index in [-0.39, 0.29) is 5.69 Å². The van der Waals surface area contributed by atoms with Gasteiger partial charge < -0.3 is 4.74 Å². The summed E-state index contributed by atoms with van der Waals surface area (Å²) in [6.07, 6.45) is 2.54. The number of benzene rings is 2. The highest BCUT2D eigenvalue weighted by Crippen LogP contribution is 2.19. The molecular weight excluding hydrogens is 270 g/mol. The number of hydrogen-bond donors (Lipinski definition) is 0. The molecule has 0 aliphatic rings. The second-order valence-corrected chi connectivity index (χ2v) is 4.39. The van der Waals surface area contributed by atoms with E-state index in [1.54, 1.807) is 36.4 Å². The quantitative estimate of drug-likeness (QED) is 0.283. The molecule has 0 spiro atoms. The molecule has 2 aromatic carbocycles. The summed E-state index contributed by atoms with van der Waals surface area (Å²) in [7, 11) is 0. The predicted octanol–water partition coefficient (Wildman–Crippen LogP) is 3.52. The summed E-state index contributed by atoms with van der Waals surface area (Å²) in [5, 5.41) is 10.9. The molecule has 0 bridgehead atoms. The Morgan fingerprint density at radius 3 is 2.67 bits per heavy atom. The third-order valence-corrected chi connectivity index (χ3v) is 2.74. The van der Waals surface area contributed by atoms with E-state index in [1.165, 1.54) is 18.2 Å². The van der Waals surface area contributed by atoms with E-state index in [4.69, 9.17) is 4.74 Å². The van der Waals surface area contributed by atoms with Gasteiger partial charge >= 0.3 is 5.97 Å². The van der Waals surface area contributed by atoms with Crippen LogP contribution in [0.3, 0.4) is 0 Å². The molecule has 0 aliphatic heterocycles. The number of hydrogen-bond acceptors (Lipinski definition) is 4. The maximum absolute atomic E-state index is 11.7. The maximum Gasteiger partial charge on any atom is 0.336 e. The number of rotatable bonds is 4. The first-order chi connectivity index (χ1) is 10.1. The van der Waals surface area contributed by atoms with Crippen LogP contribution in [0.25, 0.3) is 6.08 Å². The first-order valence-corrected chi connectivity index (χ1v) is 6.26. The van der Waals surface area contributed by atoms with Crippen LogP contribution >= 0.6 is 0 Å². The number of carbonyl (C=O) groups is 1. The van der Waals surface area contributed by atoms with E-state index in [9.17, 15) is 14.9 Å². The van der Waals surface area contributed by atoms with Gasteiger partial charge in [0, 0.05) is 12.1 Å². The van der Waals surface area contributed by atoms with Crippen LogP contribution < -0.4 is 4.74 Å². The fraction of sp³-hybridized carbons (Fsp3) is 0.0625. The number of ether oxygens (including phenoxy) is 1. The Balaban J connectivity index is 2.11. The van der Waals surface area contributed by atoms with Crippen LogP contribution in [0.2, 0.25) is 0 Å². The van der Waals surface area contributed by atoms with Gasteiger partial charge in [0.1, 0.15) is 5.75 Å². The molecule has 5 heteroatoms. The minimum absolute atomic E-state index is 0.0582. The minimum atomic E-state index is -0.584. The minimum Gasteiger partial charge on any atom is -0.423 e. The highest BCUT2D eigenvalue weighted by molar-refractivity contribution is 5.89. The number of nitrogens with zero attached hydrogens (tertiary/aromatic N) is 1. The average Bonchev–Trinajstić information content (AvgIpc) is 2.45. The van der Waals surface area contributed by atoms with Crippen molar-refractivity contribution in [3.63, 3.8) is 0 Å². The van der Waals surface area contributed by atoms with Crippen molar-refractivity contribution in [2.24, 2.45) is 0 Å². The third-order valence-electron chi connectivity index (χ3n) is 2.74. The topological polar surface area (TPSA) is 69.4 Å². The molecule has 106 valence electrons. The molecule has 0 saturated carbocycles. The van der Waals surface area contributed by atoms with Gasteiger partial charge in [0.2, 0.25) is 0 Å². The van der Waals surface area contributed by atoms with Crippen molar-refractivity contribution in [1.82, 2.24) is 0 Å². The highest BCUT2D eigenvalue weighted by Gasteiger charge is 2.10. The summed E-state index contributed by atoms with van der Waals surface area (Å²) in [5.74, 6) is -0.147. The van der Waals surface area contributed by atoms with Crippen molar-refractivity contribution in [1.29, 1.82) is 0 Å². The molecule has 21 heavy (non-hydrogen) atoms. The van der Waals surface area contributed by atoms with Gasteiger partial charge in [-0.05, 0) is 36.8 Å². The summed E-state index contributed by atoms with van der Waals surface area (Å²) in [5.41, 5.74) is 1.27. The smallest absolute Gasteiger partial charge is 0.336 e. The van der Waals surface area contributed by atoms with Gasteiger partial charge in [-0.15, -0.1) is 0 Å². The van der Waals surface area contributed by atoms with Crippen molar-refractivity contribution >= 4 is 17.7 Å². The predicted molar refractivity (Wildman–Crippen MR) is 78.9 cm³/mol. The van der Waals surface area contributed by atoms with Gasteiger partial charge in [-0.25, -0.2) is 4.79 Å². The molecule has 2 rings (SSSR count). The molecule has 0 aliphatic carbocycles. The molecule has 0 amide bonds. The Morgan fingerprint density at radius 1 is 1.19 bits per heavy atom. The zero-order chi connectivity index (χ0) is 15.2. The average molecular weight is 283 g/mol. The van der Waals surface area contributed by atoms with Crippen molar-refractivity contribution in [2.75, 3.05) is 0 Å². The lowest BCUT2D eigenvalue weighted by molar-refractivity contribution is -0.385. The molecular formula is C16H13NO4. The summed E-state index contributed by atoms with van der Waals surface area (Å²) in [6, 6.07) is 13.3. The standard InChI is InChI=1S/C16H13NO4/c1-12-5-4-7-14(11-12)21-16(18)10-9-13-6-2-3-8-15(13)17(19)20/h2-11H,1H3/b10-9+. The molecule has 5 nitrogen and oxygen atoms in total. The first-order valence-electron chi connectivity index (χ1n) is 6.26.